The Hall–Kier alpha value is -1.45. The third-order valence-electron chi connectivity index (χ3n) is 5.14. The van der Waals surface area contributed by atoms with Crippen LogP contribution in [0.4, 0.5) is 0 Å². The fourth-order valence-electron chi connectivity index (χ4n) is 3.84. The van der Waals surface area contributed by atoms with Gasteiger partial charge in [-0.2, -0.15) is 0 Å². The molecule has 0 amide bonds. The minimum Gasteiger partial charge on any atom is -0.314 e. The number of hydrogen-bond acceptors (Lipinski definition) is 3. The Labute approximate surface area is 126 Å². The van der Waals surface area contributed by atoms with Crippen LogP contribution in [0, 0.1) is 5.92 Å². The molecule has 1 N–H and O–H groups in total. The van der Waals surface area contributed by atoms with E-state index < -0.39 is 0 Å². The number of para-hydroxylation sites is 1. The van der Waals surface area contributed by atoms with E-state index in [0.29, 0.717) is 6.04 Å². The van der Waals surface area contributed by atoms with Crippen LogP contribution in [0.3, 0.4) is 0 Å². The Morgan fingerprint density at radius 2 is 1.90 bits per heavy atom. The van der Waals surface area contributed by atoms with Crippen LogP contribution >= 0.6 is 0 Å². The molecule has 2 heterocycles. The first-order valence-electron chi connectivity index (χ1n) is 8.22. The lowest BCUT2D eigenvalue weighted by Crippen LogP contribution is -2.47. The Balaban J connectivity index is 1.77. The molecule has 1 atom stereocenters. The zero-order valence-electron chi connectivity index (χ0n) is 12.5. The zero-order valence-corrected chi connectivity index (χ0v) is 12.5. The lowest BCUT2D eigenvalue weighted by atomic mass is 9.75. The molecule has 4 rings (SSSR count). The maximum absolute atomic E-state index is 4.54. The normalized spacial score (nSPS) is 22.1. The van der Waals surface area contributed by atoms with Crippen LogP contribution in [0.25, 0.3) is 10.9 Å². The molecule has 3 nitrogen and oxygen atoms in total. The minimum atomic E-state index is 0.578. The molecule has 21 heavy (non-hydrogen) atoms. The van der Waals surface area contributed by atoms with E-state index in [1.54, 1.807) is 0 Å². The molecule has 110 valence electrons. The summed E-state index contributed by atoms with van der Waals surface area (Å²) in [4.78, 5) is 7.24. The summed E-state index contributed by atoms with van der Waals surface area (Å²) in [6, 6.07) is 11.4. The zero-order chi connectivity index (χ0) is 14.1. The van der Waals surface area contributed by atoms with Gasteiger partial charge in [0.1, 0.15) is 0 Å². The number of pyridine rings is 1. The minimum absolute atomic E-state index is 0.578. The van der Waals surface area contributed by atoms with E-state index in [2.05, 4.69) is 45.5 Å². The fourth-order valence-corrected chi connectivity index (χ4v) is 3.84. The van der Waals surface area contributed by atoms with Crippen LogP contribution in [0.2, 0.25) is 0 Å². The Morgan fingerprint density at radius 3 is 2.67 bits per heavy atom. The predicted octanol–water partition coefficient (Wildman–Crippen LogP) is 2.98. The van der Waals surface area contributed by atoms with Crippen LogP contribution in [-0.4, -0.2) is 36.1 Å². The van der Waals surface area contributed by atoms with Crippen molar-refractivity contribution in [1.29, 1.82) is 0 Å². The third-order valence-corrected chi connectivity index (χ3v) is 5.14. The SMILES string of the molecule is c1ccc2c([C@H](C3CCC3)N3CCNCC3)ccnc2c1. The number of piperazine rings is 1. The van der Waals surface area contributed by atoms with Crippen molar-refractivity contribution in [3.8, 4) is 0 Å². The number of nitrogens with one attached hydrogen (secondary N) is 1. The molecule has 2 fully saturated rings. The fraction of sp³-hybridized carbons (Fsp3) is 0.500. The summed E-state index contributed by atoms with van der Waals surface area (Å²) in [5.74, 6) is 0.828. The Morgan fingerprint density at radius 1 is 1.10 bits per heavy atom. The highest BCUT2D eigenvalue weighted by Crippen LogP contribution is 2.43. The van der Waals surface area contributed by atoms with E-state index >= 15 is 0 Å². The molecule has 3 heteroatoms. The second kappa shape index (κ2) is 5.74. The summed E-state index contributed by atoms with van der Waals surface area (Å²) >= 11 is 0. The van der Waals surface area contributed by atoms with Gasteiger partial charge in [0.15, 0.2) is 0 Å². The van der Waals surface area contributed by atoms with E-state index in [0.717, 1.165) is 37.6 Å². The Bertz CT molecular complexity index is 609. The van der Waals surface area contributed by atoms with E-state index in [-0.39, 0.29) is 0 Å². The lowest BCUT2D eigenvalue weighted by molar-refractivity contribution is 0.0846. The highest BCUT2D eigenvalue weighted by molar-refractivity contribution is 5.82. The molecule has 0 radical (unpaired) electrons. The molecule has 2 aliphatic rings. The van der Waals surface area contributed by atoms with Crippen molar-refractivity contribution in [3.05, 3.63) is 42.1 Å². The summed E-state index contributed by atoms with van der Waals surface area (Å²) < 4.78 is 0. The molecule has 0 bridgehead atoms. The maximum Gasteiger partial charge on any atom is 0.0705 e. The number of rotatable bonds is 3. The smallest absolute Gasteiger partial charge is 0.0705 e. The number of hydrogen-bond donors (Lipinski definition) is 1. The summed E-state index contributed by atoms with van der Waals surface area (Å²) in [7, 11) is 0. The van der Waals surface area contributed by atoms with Crippen LogP contribution in [0.15, 0.2) is 36.5 Å². The van der Waals surface area contributed by atoms with E-state index in [4.69, 9.17) is 0 Å². The average Bonchev–Trinajstić information content (AvgIpc) is 2.51. The van der Waals surface area contributed by atoms with Crippen molar-refractivity contribution >= 4 is 10.9 Å². The van der Waals surface area contributed by atoms with Crippen LogP contribution < -0.4 is 5.32 Å². The molecule has 2 aromatic rings. The van der Waals surface area contributed by atoms with Crippen molar-refractivity contribution < 1.29 is 0 Å². The molecule has 1 aromatic heterocycles. The van der Waals surface area contributed by atoms with Gasteiger partial charge in [-0.05, 0) is 36.5 Å². The van der Waals surface area contributed by atoms with Crippen molar-refractivity contribution in [2.24, 2.45) is 5.92 Å². The quantitative estimate of drug-likeness (QED) is 0.937. The largest absolute Gasteiger partial charge is 0.314 e. The van der Waals surface area contributed by atoms with Crippen molar-refractivity contribution in [1.82, 2.24) is 15.2 Å². The van der Waals surface area contributed by atoms with Gasteiger partial charge in [0.05, 0.1) is 5.52 Å². The van der Waals surface area contributed by atoms with Crippen LogP contribution in [-0.2, 0) is 0 Å². The monoisotopic (exact) mass is 281 g/mol. The van der Waals surface area contributed by atoms with Crippen molar-refractivity contribution in [2.75, 3.05) is 26.2 Å². The molecule has 1 aliphatic carbocycles. The first-order chi connectivity index (χ1) is 10.4. The summed E-state index contributed by atoms with van der Waals surface area (Å²) in [5.41, 5.74) is 2.63. The predicted molar refractivity (Wildman–Crippen MR) is 86.3 cm³/mol. The second-order valence-electron chi connectivity index (χ2n) is 6.34. The number of aromatic nitrogens is 1. The molecule has 0 unspecified atom stereocenters. The van der Waals surface area contributed by atoms with Gasteiger partial charge < -0.3 is 5.32 Å². The second-order valence-corrected chi connectivity index (χ2v) is 6.34. The van der Waals surface area contributed by atoms with Crippen molar-refractivity contribution in [3.63, 3.8) is 0 Å². The third kappa shape index (κ3) is 2.45. The van der Waals surface area contributed by atoms with Crippen LogP contribution in [0.5, 0.6) is 0 Å². The number of benzene rings is 1. The lowest BCUT2D eigenvalue weighted by Gasteiger charge is -2.43. The molecule has 1 saturated heterocycles. The molecule has 1 saturated carbocycles. The first kappa shape index (κ1) is 13.2. The highest BCUT2D eigenvalue weighted by atomic mass is 15.2. The van der Waals surface area contributed by atoms with E-state index in [1.165, 1.54) is 30.2 Å². The first-order valence-corrected chi connectivity index (χ1v) is 8.22. The Kier molecular flexibility index (Phi) is 3.62. The summed E-state index contributed by atoms with van der Waals surface area (Å²) in [6.45, 7) is 4.56. The van der Waals surface area contributed by atoms with Crippen LogP contribution in [0.1, 0.15) is 30.9 Å². The topological polar surface area (TPSA) is 28.2 Å². The summed E-state index contributed by atoms with van der Waals surface area (Å²) in [5, 5.41) is 4.82. The maximum atomic E-state index is 4.54. The number of nitrogens with zero attached hydrogens (tertiary/aromatic N) is 2. The highest BCUT2D eigenvalue weighted by Gasteiger charge is 2.34. The molecule has 1 aromatic carbocycles. The average molecular weight is 281 g/mol. The van der Waals surface area contributed by atoms with E-state index in [9.17, 15) is 0 Å². The van der Waals surface area contributed by atoms with Gasteiger partial charge in [-0.25, -0.2) is 0 Å². The van der Waals surface area contributed by atoms with Gasteiger partial charge in [-0.1, -0.05) is 24.6 Å². The number of fused-ring (bicyclic) bond motifs is 1. The molecular formula is C18H23N3. The van der Waals surface area contributed by atoms with Gasteiger partial charge >= 0.3 is 0 Å². The standard InChI is InChI=1S/C18H23N3/c1-2-7-17-15(6-1)16(8-9-20-17)18(14-4-3-5-14)21-12-10-19-11-13-21/h1-2,6-9,14,18-19H,3-5,10-13H2/t18-/m0/s1. The summed E-state index contributed by atoms with van der Waals surface area (Å²) in [6.07, 6.45) is 6.15. The van der Waals surface area contributed by atoms with Crippen molar-refractivity contribution in [2.45, 2.75) is 25.3 Å². The van der Waals surface area contributed by atoms with Gasteiger partial charge in [-0.3, -0.25) is 9.88 Å². The van der Waals surface area contributed by atoms with Gasteiger partial charge in [0.2, 0.25) is 0 Å². The molecule has 1 aliphatic heterocycles. The van der Waals surface area contributed by atoms with Gasteiger partial charge in [0, 0.05) is 43.8 Å². The van der Waals surface area contributed by atoms with Gasteiger partial charge in [0.25, 0.3) is 0 Å². The molecule has 0 spiro atoms. The van der Waals surface area contributed by atoms with Gasteiger partial charge in [-0.15, -0.1) is 0 Å². The molecular weight excluding hydrogens is 258 g/mol. The van der Waals surface area contributed by atoms with E-state index in [1.807, 2.05) is 6.20 Å².